The monoisotopic (exact) mass is 373 g/mol. The van der Waals surface area contributed by atoms with E-state index in [4.69, 9.17) is 0 Å². The number of amides is 3. The molecule has 1 N–H and O–H groups in total. The Hall–Kier alpha value is -2.68. The zero-order chi connectivity index (χ0) is 18.8. The largest absolute Gasteiger partial charge is 0.304 e. The van der Waals surface area contributed by atoms with Crippen LogP contribution in [0.5, 0.6) is 0 Å². The SMILES string of the molecule is CCc1nc2ccc(C(=O)N=C3NC(=O)CS3)cn2c1N(CC)C(C)=O. The quantitative estimate of drug-likeness (QED) is 0.879. The molecule has 0 unspecified atom stereocenters. The molecule has 26 heavy (non-hydrogen) atoms. The molecule has 136 valence electrons. The maximum Gasteiger partial charge on any atom is 0.280 e. The van der Waals surface area contributed by atoms with Gasteiger partial charge < -0.3 is 5.32 Å². The molecule has 1 aliphatic heterocycles. The highest BCUT2D eigenvalue weighted by molar-refractivity contribution is 8.15. The molecule has 8 nitrogen and oxygen atoms in total. The van der Waals surface area contributed by atoms with Gasteiger partial charge in [-0.1, -0.05) is 18.7 Å². The molecule has 0 aliphatic carbocycles. The van der Waals surface area contributed by atoms with E-state index < -0.39 is 5.91 Å². The number of carbonyl (C=O) groups is 3. The second kappa shape index (κ2) is 7.28. The summed E-state index contributed by atoms with van der Waals surface area (Å²) in [4.78, 5) is 45.8. The summed E-state index contributed by atoms with van der Waals surface area (Å²) in [5.74, 6) is 0.219. The Labute approximate surface area is 154 Å². The third kappa shape index (κ3) is 3.34. The van der Waals surface area contributed by atoms with Gasteiger partial charge in [-0.15, -0.1) is 0 Å². The van der Waals surface area contributed by atoms with E-state index in [0.29, 0.717) is 35.2 Å². The highest BCUT2D eigenvalue weighted by Crippen LogP contribution is 2.24. The summed E-state index contributed by atoms with van der Waals surface area (Å²) < 4.78 is 1.75. The number of rotatable bonds is 4. The molecule has 3 rings (SSSR count). The number of hydrogen-bond acceptors (Lipinski definition) is 5. The Morgan fingerprint density at radius 2 is 2.15 bits per heavy atom. The number of amidine groups is 1. The van der Waals surface area contributed by atoms with Gasteiger partial charge in [0, 0.05) is 19.7 Å². The maximum atomic E-state index is 12.4. The number of nitrogens with one attached hydrogen (secondary N) is 1. The van der Waals surface area contributed by atoms with Gasteiger partial charge in [-0.05, 0) is 25.5 Å². The van der Waals surface area contributed by atoms with Gasteiger partial charge in [-0.3, -0.25) is 23.7 Å². The number of imidazole rings is 1. The predicted molar refractivity (Wildman–Crippen MR) is 101 cm³/mol. The molecule has 3 heterocycles. The Bertz CT molecular complexity index is 934. The molecule has 0 saturated carbocycles. The van der Waals surface area contributed by atoms with Crippen molar-refractivity contribution in [1.82, 2.24) is 14.7 Å². The molecular formula is C17H19N5O3S. The van der Waals surface area contributed by atoms with E-state index in [-0.39, 0.29) is 17.6 Å². The van der Waals surface area contributed by atoms with Crippen molar-refractivity contribution in [3.63, 3.8) is 0 Å². The molecule has 1 fully saturated rings. The number of pyridine rings is 1. The number of hydrogen-bond donors (Lipinski definition) is 1. The number of carbonyl (C=O) groups excluding carboxylic acids is 3. The lowest BCUT2D eigenvalue weighted by Crippen LogP contribution is -2.30. The van der Waals surface area contributed by atoms with Gasteiger partial charge >= 0.3 is 0 Å². The van der Waals surface area contributed by atoms with Gasteiger partial charge in [0.1, 0.15) is 11.5 Å². The Morgan fingerprint density at radius 3 is 2.73 bits per heavy atom. The van der Waals surface area contributed by atoms with Gasteiger partial charge in [0.05, 0.1) is 17.0 Å². The van der Waals surface area contributed by atoms with Gasteiger partial charge in [-0.25, -0.2) is 4.98 Å². The molecular weight excluding hydrogens is 354 g/mol. The number of aromatic nitrogens is 2. The smallest absolute Gasteiger partial charge is 0.280 e. The topological polar surface area (TPSA) is 96.1 Å². The van der Waals surface area contributed by atoms with E-state index in [1.807, 2.05) is 13.8 Å². The number of anilines is 1. The molecule has 1 saturated heterocycles. The second-order valence-electron chi connectivity index (χ2n) is 5.70. The minimum absolute atomic E-state index is 0.0916. The number of aryl methyl sites for hydroxylation is 1. The van der Waals surface area contributed by atoms with Crippen LogP contribution in [0.2, 0.25) is 0 Å². The van der Waals surface area contributed by atoms with Crippen LogP contribution in [-0.2, 0) is 16.0 Å². The van der Waals surface area contributed by atoms with Crippen LogP contribution >= 0.6 is 11.8 Å². The summed E-state index contributed by atoms with van der Waals surface area (Å²) in [6, 6.07) is 3.37. The average molecular weight is 373 g/mol. The van der Waals surface area contributed by atoms with Crippen molar-refractivity contribution in [3.05, 3.63) is 29.6 Å². The molecule has 0 radical (unpaired) electrons. The fourth-order valence-electron chi connectivity index (χ4n) is 2.79. The van der Waals surface area contributed by atoms with Crippen molar-refractivity contribution in [2.24, 2.45) is 4.99 Å². The van der Waals surface area contributed by atoms with Crippen molar-refractivity contribution in [1.29, 1.82) is 0 Å². The van der Waals surface area contributed by atoms with Crippen LogP contribution in [0.4, 0.5) is 5.82 Å². The number of aliphatic imine (C=N–C) groups is 1. The normalized spacial score (nSPS) is 15.5. The van der Waals surface area contributed by atoms with Crippen molar-refractivity contribution in [3.8, 4) is 0 Å². The van der Waals surface area contributed by atoms with Crippen LogP contribution in [0.1, 0.15) is 36.8 Å². The summed E-state index contributed by atoms with van der Waals surface area (Å²) in [5.41, 5.74) is 1.80. The lowest BCUT2D eigenvalue weighted by atomic mass is 10.2. The Morgan fingerprint density at radius 1 is 1.38 bits per heavy atom. The molecule has 0 aromatic carbocycles. The Balaban J connectivity index is 2.06. The van der Waals surface area contributed by atoms with Crippen molar-refractivity contribution in [2.75, 3.05) is 17.2 Å². The van der Waals surface area contributed by atoms with E-state index in [1.165, 1.54) is 18.7 Å². The van der Waals surface area contributed by atoms with E-state index in [0.717, 1.165) is 5.69 Å². The van der Waals surface area contributed by atoms with Crippen LogP contribution < -0.4 is 10.2 Å². The highest BCUT2D eigenvalue weighted by Gasteiger charge is 2.22. The fraction of sp³-hybridized carbons (Fsp3) is 0.353. The third-order valence-corrected chi connectivity index (χ3v) is 4.86. The van der Waals surface area contributed by atoms with Crippen LogP contribution in [0, 0.1) is 0 Å². The first-order valence-corrected chi connectivity index (χ1v) is 9.27. The lowest BCUT2D eigenvalue weighted by Gasteiger charge is -2.19. The van der Waals surface area contributed by atoms with E-state index in [2.05, 4.69) is 15.3 Å². The number of nitrogens with zero attached hydrogens (tertiary/aromatic N) is 4. The molecule has 2 aromatic heterocycles. The molecule has 1 aliphatic rings. The average Bonchev–Trinajstić information content (AvgIpc) is 3.18. The molecule has 2 aromatic rings. The summed E-state index contributed by atoms with van der Waals surface area (Å²) in [6.45, 7) is 5.86. The van der Waals surface area contributed by atoms with Crippen molar-refractivity contribution >= 4 is 46.1 Å². The summed E-state index contributed by atoms with van der Waals surface area (Å²) in [6.07, 6.45) is 2.30. The van der Waals surface area contributed by atoms with Crippen LogP contribution in [0.25, 0.3) is 5.65 Å². The number of thioether (sulfide) groups is 1. The molecule has 0 atom stereocenters. The van der Waals surface area contributed by atoms with Crippen LogP contribution in [-0.4, -0.2) is 44.6 Å². The molecule has 0 spiro atoms. The van der Waals surface area contributed by atoms with Gasteiger partial charge in [-0.2, -0.15) is 4.99 Å². The van der Waals surface area contributed by atoms with Crippen molar-refractivity contribution in [2.45, 2.75) is 27.2 Å². The minimum atomic E-state index is -0.458. The van der Waals surface area contributed by atoms with Gasteiger partial charge in [0.15, 0.2) is 5.17 Å². The standard InChI is InChI=1S/C17H19N5O3S/c1-4-12-16(21(5-2)10(3)23)22-8-11(6-7-13(22)18-12)15(25)20-17-19-14(24)9-26-17/h6-8H,4-5,9H2,1-3H3,(H,19,20,24,25). The summed E-state index contributed by atoms with van der Waals surface area (Å²) in [5, 5.41) is 2.84. The summed E-state index contributed by atoms with van der Waals surface area (Å²) in [7, 11) is 0. The lowest BCUT2D eigenvalue weighted by molar-refractivity contribution is -0.117. The Kier molecular flexibility index (Phi) is 5.08. The molecule has 0 bridgehead atoms. The molecule has 9 heteroatoms. The van der Waals surface area contributed by atoms with Crippen molar-refractivity contribution < 1.29 is 14.4 Å². The van der Waals surface area contributed by atoms with Gasteiger partial charge in [0.25, 0.3) is 5.91 Å². The zero-order valence-corrected chi connectivity index (χ0v) is 15.6. The first-order chi connectivity index (χ1) is 12.4. The number of fused-ring (bicyclic) bond motifs is 1. The van der Waals surface area contributed by atoms with E-state index in [9.17, 15) is 14.4 Å². The highest BCUT2D eigenvalue weighted by atomic mass is 32.2. The van der Waals surface area contributed by atoms with E-state index >= 15 is 0 Å². The van der Waals surface area contributed by atoms with Gasteiger partial charge in [0.2, 0.25) is 11.8 Å². The summed E-state index contributed by atoms with van der Waals surface area (Å²) >= 11 is 1.20. The third-order valence-electron chi connectivity index (χ3n) is 3.99. The molecule has 3 amide bonds. The van der Waals surface area contributed by atoms with Crippen LogP contribution in [0.3, 0.4) is 0 Å². The first-order valence-electron chi connectivity index (χ1n) is 8.29. The predicted octanol–water partition coefficient (Wildman–Crippen LogP) is 1.63. The van der Waals surface area contributed by atoms with E-state index in [1.54, 1.807) is 27.6 Å². The zero-order valence-electron chi connectivity index (χ0n) is 14.8. The first kappa shape index (κ1) is 18.1. The maximum absolute atomic E-state index is 12.4. The van der Waals surface area contributed by atoms with Crippen LogP contribution in [0.15, 0.2) is 23.3 Å². The minimum Gasteiger partial charge on any atom is -0.304 e. The second-order valence-corrected chi connectivity index (χ2v) is 6.67. The fourth-order valence-corrected chi connectivity index (χ4v) is 3.47.